The van der Waals surface area contributed by atoms with Crippen LogP contribution in [0.3, 0.4) is 0 Å². The molecule has 0 saturated heterocycles. The molecule has 0 aromatic heterocycles. The predicted molar refractivity (Wildman–Crippen MR) is 59.6 cm³/mol. The SMILES string of the molecule is CCNC(=O)NCCC(=O)N(CC)CC. The number of carbonyl (C=O) groups is 2. The van der Waals surface area contributed by atoms with E-state index in [-0.39, 0.29) is 11.9 Å². The number of hydrogen-bond donors (Lipinski definition) is 2. The summed E-state index contributed by atoms with van der Waals surface area (Å²) in [5.74, 6) is 0.0804. The molecule has 0 aliphatic rings. The van der Waals surface area contributed by atoms with Gasteiger partial charge in [0.05, 0.1) is 0 Å². The fourth-order valence-electron chi connectivity index (χ4n) is 1.24. The Kier molecular flexibility index (Phi) is 7.40. The van der Waals surface area contributed by atoms with E-state index >= 15 is 0 Å². The lowest BCUT2D eigenvalue weighted by Gasteiger charge is -2.18. The zero-order chi connectivity index (χ0) is 11.7. The summed E-state index contributed by atoms with van der Waals surface area (Å²) in [4.78, 5) is 24.2. The second-order valence-electron chi connectivity index (χ2n) is 3.10. The maximum absolute atomic E-state index is 11.5. The highest BCUT2D eigenvalue weighted by Gasteiger charge is 2.08. The Bertz CT molecular complexity index is 203. The summed E-state index contributed by atoms with van der Waals surface area (Å²) in [5.41, 5.74) is 0. The molecule has 15 heavy (non-hydrogen) atoms. The molecule has 0 aromatic rings. The average Bonchev–Trinajstić information content (AvgIpc) is 2.20. The second kappa shape index (κ2) is 8.08. The largest absolute Gasteiger partial charge is 0.343 e. The zero-order valence-electron chi connectivity index (χ0n) is 9.80. The molecule has 0 atom stereocenters. The molecular formula is C10H21N3O2. The van der Waals surface area contributed by atoms with Crippen LogP contribution < -0.4 is 10.6 Å². The molecule has 0 aliphatic heterocycles. The van der Waals surface area contributed by atoms with E-state index in [9.17, 15) is 9.59 Å². The topological polar surface area (TPSA) is 61.4 Å². The molecule has 88 valence electrons. The van der Waals surface area contributed by atoms with E-state index < -0.39 is 0 Å². The fraction of sp³-hybridized carbons (Fsp3) is 0.800. The van der Waals surface area contributed by atoms with Crippen LogP contribution in [0.1, 0.15) is 27.2 Å². The smallest absolute Gasteiger partial charge is 0.314 e. The minimum atomic E-state index is -0.218. The normalized spacial score (nSPS) is 9.53. The molecule has 0 bridgehead atoms. The fourth-order valence-corrected chi connectivity index (χ4v) is 1.24. The molecule has 2 N–H and O–H groups in total. The highest BCUT2D eigenvalue weighted by molar-refractivity contribution is 5.78. The molecule has 0 aliphatic carbocycles. The van der Waals surface area contributed by atoms with Crippen LogP contribution in [0.4, 0.5) is 4.79 Å². The Hall–Kier alpha value is -1.26. The molecule has 0 fully saturated rings. The third-order valence-electron chi connectivity index (χ3n) is 2.08. The van der Waals surface area contributed by atoms with Crippen LogP contribution in [0.5, 0.6) is 0 Å². The first-order valence-electron chi connectivity index (χ1n) is 5.45. The molecule has 5 heteroatoms. The standard InChI is InChI=1S/C10H21N3O2/c1-4-11-10(15)12-8-7-9(14)13(5-2)6-3/h4-8H2,1-3H3,(H2,11,12,15). The van der Waals surface area contributed by atoms with Crippen LogP contribution in [0.2, 0.25) is 0 Å². The van der Waals surface area contributed by atoms with Crippen LogP contribution in [-0.4, -0.2) is 43.0 Å². The van der Waals surface area contributed by atoms with Crippen molar-refractivity contribution in [2.75, 3.05) is 26.2 Å². The third-order valence-corrected chi connectivity index (χ3v) is 2.08. The molecular weight excluding hydrogens is 194 g/mol. The third kappa shape index (κ3) is 5.93. The Labute approximate surface area is 91.2 Å². The summed E-state index contributed by atoms with van der Waals surface area (Å²) in [7, 11) is 0. The first-order chi connectivity index (χ1) is 7.15. The number of urea groups is 1. The van der Waals surface area contributed by atoms with E-state index in [1.165, 1.54) is 0 Å². The van der Waals surface area contributed by atoms with E-state index in [2.05, 4.69) is 10.6 Å². The first kappa shape index (κ1) is 13.7. The minimum absolute atomic E-state index is 0.0804. The van der Waals surface area contributed by atoms with Crippen molar-refractivity contribution in [3.05, 3.63) is 0 Å². The minimum Gasteiger partial charge on any atom is -0.343 e. The van der Waals surface area contributed by atoms with Crippen molar-refractivity contribution in [1.82, 2.24) is 15.5 Å². The predicted octanol–water partition coefficient (Wildman–Crippen LogP) is 0.564. The summed E-state index contributed by atoms with van der Waals surface area (Å²) in [6.07, 6.45) is 0.360. The van der Waals surface area contributed by atoms with Gasteiger partial charge in [-0.2, -0.15) is 0 Å². The number of nitrogens with zero attached hydrogens (tertiary/aromatic N) is 1. The molecule has 0 aromatic carbocycles. The van der Waals surface area contributed by atoms with Gasteiger partial charge in [-0.05, 0) is 20.8 Å². The van der Waals surface area contributed by atoms with Gasteiger partial charge in [-0.25, -0.2) is 4.79 Å². The Morgan fingerprint density at radius 1 is 1.07 bits per heavy atom. The van der Waals surface area contributed by atoms with Gasteiger partial charge in [-0.3, -0.25) is 4.79 Å². The monoisotopic (exact) mass is 215 g/mol. The van der Waals surface area contributed by atoms with Crippen molar-refractivity contribution < 1.29 is 9.59 Å². The summed E-state index contributed by atoms with van der Waals surface area (Å²) in [6, 6.07) is -0.218. The number of rotatable bonds is 6. The molecule has 0 radical (unpaired) electrons. The van der Waals surface area contributed by atoms with E-state index in [1.54, 1.807) is 4.90 Å². The van der Waals surface area contributed by atoms with Crippen molar-refractivity contribution in [3.8, 4) is 0 Å². The van der Waals surface area contributed by atoms with Gasteiger partial charge >= 0.3 is 6.03 Å². The van der Waals surface area contributed by atoms with Gasteiger partial charge < -0.3 is 15.5 Å². The highest BCUT2D eigenvalue weighted by atomic mass is 16.2. The van der Waals surface area contributed by atoms with E-state index in [1.807, 2.05) is 20.8 Å². The van der Waals surface area contributed by atoms with Gasteiger partial charge in [-0.1, -0.05) is 0 Å². The zero-order valence-corrected chi connectivity index (χ0v) is 9.80. The summed E-state index contributed by atoms with van der Waals surface area (Å²) < 4.78 is 0. The van der Waals surface area contributed by atoms with Gasteiger partial charge in [0.1, 0.15) is 0 Å². The van der Waals surface area contributed by atoms with Crippen LogP contribution in [0, 0.1) is 0 Å². The quantitative estimate of drug-likeness (QED) is 0.680. The maximum atomic E-state index is 11.5. The molecule has 0 unspecified atom stereocenters. The lowest BCUT2D eigenvalue weighted by molar-refractivity contribution is -0.130. The van der Waals surface area contributed by atoms with Crippen LogP contribution in [0.15, 0.2) is 0 Å². The van der Waals surface area contributed by atoms with Gasteiger partial charge in [-0.15, -0.1) is 0 Å². The van der Waals surface area contributed by atoms with Gasteiger partial charge in [0.15, 0.2) is 0 Å². The van der Waals surface area contributed by atoms with Crippen molar-refractivity contribution in [3.63, 3.8) is 0 Å². The number of carbonyl (C=O) groups excluding carboxylic acids is 2. The van der Waals surface area contributed by atoms with Crippen molar-refractivity contribution in [2.45, 2.75) is 27.2 Å². The van der Waals surface area contributed by atoms with E-state index in [4.69, 9.17) is 0 Å². The Morgan fingerprint density at radius 2 is 1.67 bits per heavy atom. The molecule has 3 amide bonds. The van der Waals surface area contributed by atoms with Crippen molar-refractivity contribution in [2.24, 2.45) is 0 Å². The van der Waals surface area contributed by atoms with Crippen molar-refractivity contribution >= 4 is 11.9 Å². The van der Waals surface area contributed by atoms with Gasteiger partial charge in [0, 0.05) is 32.6 Å². The number of amides is 3. The molecule has 0 rings (SSSR count). The van der Waals surface area contributed by atoms with Crippen LogP contribution in [0.25, 0.3) is 0 Å². The molecule has 5 nitrogen and oxygen atoms in total. The van der Waals surface area contributed by atoms with E-state index in [0.717, 1.165) is 13.1 Å². The number of nitrogens with one attached hydrogen (secondary N) is 2. The second-order valence-corrected chi connectivity index (χ2v) is 3.10. The van der Waals surface area contributed by atoms with Gasteiger partial charge in [0.25, 0.3) is 0 Å². The highest BCUT2D eigenvalue weighted by Crippen LogP contribution is 1.92. The number of hydrogen-bond acceptors (Lipinski definition) is 2. The average molecular weight is 215 g/mol. The Morgan fingerprint density at radius 3 is 2.13 bits per heavy atom. The summed E-state index contributed by atoms with van der Waals surface area (Å²) in [5, 5.41) is 5.22. The molecule has 0 spiro atoms. The lowest BCUT2D eigenvalue weighted by Crippen LogP contribution is -2.38. The summed E-state index contributed by atoms with van der Waals surface area (Å²) in [6.45, 7) is 8.15. The maximum Gasteiger partial charge on any atom is 0.314 e. The Balaban J connectivity index is 3.67. The van der Waals surface area contributed by atoms with Gasteiger partial charge in [0.2, 0.25) is 5.91 Å². The first-order valence-corrected chi connectivity index (χ1v) is 5.45. The van der Waals surface area contributed by atoms with Crippen LogP contribution >= 0.6 is 0 Å². The van der Waals surface area contributed by atoms with E-state index in [0.29, 0.717) is 19.5 Å². The molecule has 0 saturated carbocycles. The van der Waals surface area contributed by atoms with Crippen molar-refractivity contribution in [1.29, 1.82) is 0 Å². The summed E-state index contributed by atoms with van der Waals surface area (Å²) >= 11 is 0. The van der Waals surface area contributed by atoms with Crippen LogP contribution in [-0.2, 0) is 4.79 Å². The molecule has 0 heterocycles. The lowest BCUT2D eigenvalue weighted by atomic mass is 10.3.